The Morgan fingerprint density at radius 3 is 1.92 bits per heavy atom. The Balaban J connectivity index is 3.12. The van der Waals surface area contributed by atoms with Gasteiger partial charge < -0.3 is 0 Å². The molecular weight excluding hydrogens is 176 g/mol. The molecule has 0 unspecified atom stereocenters. The second-order valence-electron chi connectivity index (χ2n) is 3.03. The summed E-state index contributed by atoms with van der Waals surface area (Å²) in [6.45, 7) is 2.13. The van der Waals surface area contributed by atoms with Crippen LogP contribution < -0.4 is 0 Å². The van der Waals surface area contributed by atoms with Gasteiger partial charge in [0.05, 0.1) is 5.75 Å². The van der Waals surface area contributed by atoms with E-state index in [9.17, 15) is 13.0 Å². The lowest BCUT2D eigenvalue weighted by molar-refractivity contribution is 0.412. The zero-order valence-electron chi connectivity index (χ0n) is 7.58. The molecule has 0 spiro atoms. The Morgan fingerprint density at radius 2 is 1.42 bits per heavy atom. The summed E-state index contributed by atoms with van der Waals surface area (Å²) in [6.07, 6.45) is 5.96. The normalized spacial score (nSPS) is 11.8. The molecule has 0 aliphatic carbocycles. The Kier molecular flexibility index (Phi) is 6.38. The van der Waals surface area contributed by atoms with Crippen molar-refractivity contribution in [1.29, 1.82) is 0 Å². The lowest BCUT2D eigenvalue weighted by Crippen LogP contribution is -2.01. The van der Waals surface area contributed by atoms with E-state index in [4.69, 9.17) is 0 Å². The van der Waals surface area contributed by atoms with Crippen molar-refractivity contribution >= 4 is 10.1 Å². The van der Waals surface area contributed by atoms with Gasteiger partial charge >= 0.3 is 0 Å². The van der Waals surface area contributed by atoms with Gasteiger partial charge in [0, 0.05) is 0 Å². The van der Waals surface area contributed by atoms with Crippen molar-refractivity contribution in [3.05, 3.63) is 0 Å². The van der Waals surface area contributed by atoms with Gasteiger partial charge in [-0.3, -0.25) is 0 Å². The first-order valence-corrected chi connectivity index (χ1v) is 6.07. The van der Waals surface area contributed by atoms with Crippen LogP contribution in [0.15, 0.2) is 0 Å². The molecule has 0 aromatic carbocycles. The molecular formula is C8H17O3S. The van der Waals surface area contributed by atoms with E-state index in [-0.39, 0.29) is 5.75 Å². The van der Waals surface area contributed by atoms with Gasteiger partial charge in [0.1, 0.15) is 0 Å². The minimum atomic E-state index is -3.97. The van der Waals surface area contributed by atoms with E-state index < -0.39 is 10.1 Å². The smallest absolute Gasteiger partial charge is 0.197 e. The van der Waals surface area contributed by atoms with Crippen molar-refractivity contribution in [2.75, 3.05) is 5.75 Å². The summed E-state index contributed by atoms with van der Waals surface area (Å²) >= 11 is 0. The fourth-order valence-electron chi connectivity index (χ4n) is 1.06. The molecule has 0 aromatic heterocycles. The van der Waals surface area contributed by atoms with Gasteiger partial charge in [-0.1, -0.05) is 43.6 Å². The molecule has 0 rings (SSSR count). The van der Waals surface area contributed by atoms with Gasteiger partial charge in [-0.25, -0.2) is 0 Å². The first-order chi connectivity index (χ1) is 5.56. The highest BCUT2D eigenvalue weighted by Gasteiger charge is 2.04. The van der Waals surface area contributed by atoms with E-state index in [1.54, 1.807) is 0 Å². The number of unbranched alkanes of at least 4 members (excludes halogenated alkanes) is 5. The van der Waals surface area contributed by atoms with Crippen molar-refractivity contribution in [2.45, 2.75) is 45.4 Å². The maximum Gasteiger partial charge on any atom is 0.294 e. The first-order valence-electron chi connectivity index (χ1n) is 4.50. The third kappa shape index (κ3) is 9.91. The van der Waals surface area contributed by atoms with Gasteiger partial charge in [-0.2, -0.15) is 8.42 Å². The molecule has 0 N–H and O–H groups in total. The minimum Gasteiger partial charge on any atom is -0.197 e. The molecule has 3 nitrogen and oxygen atoms in total. The van der Waals surface area contributed by atoms with Crippen molar-refractivity contribution in [3.63, 3.8) is 0 Å². The zero-order valence-corrected chi connectivity index (χ0v) is 8.40. The van der Waals surface area contributed by atoms with Crippen molar-refractivity contribution in [3.8, 4) is 0 Å². The predicted molar refractivity (Wildman–Crippen MR) is 47.8 cm³/mol. The Hall–Kier alpha value is -0.0900. The third-order valence-electron chi connectivity index (χ3n) is 1.75. The highest BCUT2D eigenvalue weighted by molar-refractivity contribution is 7.85. The SMILES string of the molecule is CCCCCCCCS([O])(=O)=O. The largest absolute Gasteiger partial charge is 0.294 e. The standard InChI is InChI=1S/C8H17O3S/c1-2-3-4-5-6-7-8-12(9,10)11/h2-8H2,1H3. The van der Waals surface area contributed by atoms with Crippen molar-refractivity contribution in [1.82, 2.24) is 0 Å². The molecule has 0 fully saturated rings. The molecule has 4 heteroatoms. The molecule has 12 heavy (non-hydrogen) atoms. The molecule has 0 aromatic rings. The van der Waals surface area contributed by atoms with E-state index >= 15 is 0 Å². The number of rotatable bonds is 7. The summed E-state index contributed by atoms with van der Waals surface area (Å²) in [5, 5.41) is 0. The molecule has 0 atom stereocenters. The fourth-order valence-corrected chi connectivity index (χ4v) is 1.62. The third-order valence-corrected chi connectivity index (χ3v) is 2.54. The second kappa shape index (κ2) is 6.43. The molecule has 0 aliphatic rings. The van der Waals surface area contributed by atoms with Crippen LogP contribution in [-0.2, 0) is 14.7 Å². The Morgan fingerprint density at radius 1 is 0.917 bits per heavy atom. The van der Waals surface area contributed by atoms with E-state index in [0.717, 1.165) is 19.3 Å². The van der Waals surface area contributed by atoms with E-state index in [0.29, 0.717) is 6.42 Å². The molecule has 0 saturated heterocycles. The fraction of sp³-hybridized carbons (Fsp3) is 1.00. The van der Waals surface area contributed by atoms with Crippen LogP contribution >= 0.6 is 0 Å². The minimum absolute atomic E-state index is 0.195. The van der Waals surface area contributed by atoms with E-state index in [2.05, 4.69) is 6.92 Å². The average Bonchev–Trinajstić information content (AvgIpc) is 1.94. The van der Waals surface area contributed by atoms with Gasteiger partial charge in [-0.15, -0.1) is 0 Å². The van der Waals surface area contributed by atoms with Crippen molar-refractivity contribution in [2.24, 2.45) is 0 Å². The number of hydrogen-bond donors (Lipinski definition) is 0. The lowest BCUT2D eigenvalue weighted by Gasteiger charge is -1.97. The highest BCUT2D eigenvalue weighted by atomic mass is 32.2. The maximum atomic E-state index is 10.2. The average molecular weight is 193 g/mol. The van der Waals surface area contributed by atoms with Crippen LogP contribution in [0.2, 0.25) is 0 Å². The summed E-state index contributed by atoms with van der Waals surface area (Å²) in [5.74, 6) is -0.195. The molecule has 0 bridgehead atoms. The Bertz CT molecular complexity index is 184. The first kappa shape index (κ1) is 11.9. The van der Waals surface area contributed by atoms with E-state index in [1.807, 2.05) is 0 Å². The highest BCUT2D eigenvalue weighted by Crippen LogP contribution is 2.05. The van der Waals surface area contributed by atoms with Gasteiger partial charge in [0.2, 0.25) is 0 Å². The summed E-state index contributed by atoms with van der Waals surface area (Å²) < 4.78 is 30.5. The quantitative estimate of drug-likeness (QED) is 0.581. The van der Waals surface area contributed by atoms with Crippen LogP contribution in [0.4, 0.5) is 0 Å². The molecule has 0 saturated carbocycles. The molecule has 1 radical (unpaired) electrons. The topological polar surface area (TPSA) is 54.0 Å². The molecule has 0 heterocycles. The van der Waals surface area contributed by atoms with Crippen LogP contribution in [-0.4, -0.2) is 14.2 Å². The Labute approximate surface area is 74.9 Å². The van der Waals surface area contributed by atoms with Crippen LogP contribution in [0, 0.1) is 0 Å². The summed E-state index contributed by atoms with van der Waals surface area (Å²) in [7, 11) is -3.97. The van der Waals surface area contributed by atoms with Crippen LogP contribution in [0.3, 0.4) is 0 Å². The molecule has 0 aliphatic heterocycles. The van der Waals surface area contributed by atoms with Crippen molar-refractivity contribution < 1.29 is 13.0 Å². The van der Waals surface area contributed by atoms with Gasteiger partial charge in [0.15, 0.2) is 0 Å². The summed E-state index contributed by atoms with van der Waals surface area (Å²) in [5.41, 5.74) is 0. The second-order valence-corrected chi connectivity index (χ2v) is 4.55. The molecule has 73 valence electrons. The van der Waals surface area contributed by atoms with E-state index in [1.165, 1.54) is 12.8 Å². The zero-order chi connectivity index (χ0) is 9.45. The van der Waals surface area contributed by atoms with Gasteiger partial charge in [0.25, 0.3) is 10.1 Å². The predicted octanol–water partition coefficient (Wildman–Crippen LogP) is 2.11. The van der Waals surface area contributed by atoms with Crippen LogP contribution in [0.1, 0.15) is 45.4 Å². The number of hydrogen-bond acceptors (Lipinski definition) is 2. The van der Waals surface area contributed by atoms with Crippen LogP contribution in [0.5, 0.6) is 0 Å². The summed E-state index contributed by atoms with van der Waals surface area (Å²) in [4.78, 5) is 0. The molecule has 0 amide bonds. The van der Waals surface area contributed by atoms with Gasteiger partial charge in [-0.05, 0) is 6.42 Å². The lowest BCUT2D eigenvalue weighted by atomic mass is 10.1. The van der Waals surface area contributed by atoms with Crippen LogP contribution in [0.25, 0.3) is 0 Å². The summed E-state index contributed by atoms with van der Waals surface area (Å²) in [6, 6.07) is 0. The monoisotopic (exact) mass is 193 g/mol. The maximum absolute atomic E-state index is 10.2.